The molecule has 176 valence electrons. The van der Waals surface area contributed by atoms with Gasteiger partial charge in [-0.15, -0.1) is 10.2 Å². The van der Waals surface area contributed by atoms with Gasteiger partial charge in [0.1, 0.15) is 12.4 Å². The Bertz CT molecular complexity index is 674. The Morgan fingerprint density at radius 3 is 2.61 bits per heavy atom. The molecular weight excluding hydrogens is 394 g/mol. The fourth-order valence-corrected chi connectivity index (χ4v) is 4.57. The van der Waals surface area contributed by atoms with E-state index in [-0.39, 0.29) is 12.0 Å². The van der Waals surface area contributed by atoms with E-state index < -0.39 is 0 Å². The van der Waals surface area contributed by atoms with Gasteiger partial charge in [0.15, 0.2) is 11.8 Å². The van der Waals surface area contributed by atoms with E-state index in [1.165, 1.54) is 32.1 Å². The van der Waals surface area contributed by atoms with E-state index in [4.69, 9.17) is 9.73 Å². The van der Waals surface area contributed by atoms with Crippen LogP contribution < -0.4 is 10.6 Å². The minimum atomic E-state index is 0.171. The first-order chi connectivity index (χ1) is 15.1. The Hall–Kier alpha value is -1.71. The number of aliphatic imine (C=N–C) groups is 1. The van der Waals surface area contributed by atoms with Crippen molar-refractivity contribution in [1.82, 2.24) is 30.3 Å². The van der Waals surface area contributed by atoms with Crippen LogP contribution in [0.5, 0.6) is 0 Å². The quantitative estimate of drug-likeness (QED) is 0.289. The third-order valence-corrected chi connectivity index (χ3v) is 6.80. The number of aryl methyl sites for hydroxylation is 1. The number of nitrogens with zero attached hydrogens (tertiary/aromatic N) is 5. The lowest BCUT2D eigenvalue weighted by atomic mass is 9.72. The lowest BCUT2D eigenvalue weighted by Crippen LogP contribution is -2.45. The fraction of sp³-hybridized carbons (Fsp3) is 0.864. The first-order valence-corrected chi connectivity index (χ1v) is 11.9. The lowest BCUT2D eigenvalue weighted by Gasteiger charge is -2.37. The summed E-state index contributed by atoms with van der Waals surface area (Å²) in [4.78, 5) is 7.26. The Labute approximate surface area is 186 Å². The highest BCUT2D eigenvalue weighted by Crippen LogP contribution is 2.38. The first kappa shape index (κ1) is 23.9. The molecule has 1 aromatic heterocycles. The average molecular weight is 436 g/mol. The SMILES string of the molecule is Cc1nnc(CN=C(NCCCN2CCOCC2)NCC2(CCO)CCCCC2)n1C. The van der Waals surface area contributed by atoms with E-state index in [2.05, 4.69) is 25.7 Å². The van der Waals surface area contributed by atoms with E-state index in [1.807, 2.05) is 18.5 Å². The summed E-state index contributed by atoms with van der Waals surface area (Å²) in [5.74, 6) is 2.57. The van der Waals surface area contributed by atoms with Crippen LogP contribution in [-0.2, 0) is 18.3 Å². The number of hydrogen-bond donors (Lipinski definition) is 3. The summed E-state index contributed by atoms with van der Waals surface area (Å²) in [5, 5.41) is 25.1. The summed E-state index contributed by atoms with van der Waals surface area (Å²) in [6.07, 6.45) is 8.07. The maximum Gasteiger partial charge on any atom is 0.191 e. The molecule has 9 heteroatoms. The number of rotatable bonds is 10. The van der Waals surface area contributed by atoms with Crippen molar-refractivity contribution in [3.63, 3.8) is 0 Å². The molecule has 2 fully saturated rings. The molecule has 3 rings (SSSR count). The summed E-state index contributed by atoms with van der Waals surface area (Å²) in [7, 11) is 1.97. The smallest absolute Gasteiger partial charge is 0.191 e. The molecule has 0 bridgehead atoms. The monoisotopic (exact) mass is 435 g/mol. The van der Waals surface area contributed by atoms with Gasteiger partial charge >= 0.3 is 0 Å². The lowest BCUT2D eigenvalue weighted by molar-refractivity contribution is 0.0376. The molecule has 0 radical (unpaired) electrons. The van der Waals surface area contributed by atoms with Gasteiger partial charge in [-0.1, -0.05) is 19.3 Å². The third kappa shape index (κ3) is 7.43. The molecular formula is C22H41N7O2. The molecule has 1 aromatic rings. The summed E-state index contributed by atoms with van der Waals surface area (Å²) >= 11 is 0. The molecule has 1 saturated heterocycles. The molecule has 1 aliphatic heterocycles. The maximum atomic E-state index is 9.63. The van der Waals surface area contributed by atoms with Crippen molar-refractivity contribution in [2.75, 3.05) is 52.5 Å². The van der Waals surface area contributed by atoms with Crippen molar-refractivity contribution >= 4 is 5.96 Å². The Kier molecular flexibility index (Phi) is 9.54. The van der Waals surface area contributed by atoms with Crippen molar-refractivity contribution in [3.8, 4) is 0 Å². The second-order valence-electron chi connectivity index (χ2n) is 9.01. The van der Waals surface area contributed by atoms with Gasteiger partial charge in [-0.2, -0.15) is 0 Å². The van der Waals surface area contributed by atoms with Gasteiger partial charge in [-0.25, -0.2) is 4.99 Å². The number of ether oxygens (including phenoxy) is 1. The normalized spacial score (nSPS) is 20.0. The number of aliphatic hydroxyl groups is 1. The standard InChI is InChI=1S/C22H41N7O2/c1-19-26-27-20(28(19)2)17-24-21(23-10-6-11-29-12-15-31-16-13-29)25-18-22(9-14-30)7-4-3-5-8-22/h30H,3-18H2,1-2H3,(H2,23,24,25). The zero-order valence-electron chi connectivity index (χ0n) is 19.4. The van der Waals surface area contributed by atoms with Gasteiger partial charge < -0.3 is 25.0 Å². The van der Waals surface area contributed by atoms with Crippen LogP contribution in [0.3, 0.4) is 0 Å². The number of aromatic nitrogens is 3. The number of guanidine groups is 1. The van der Waals surface area contributed by atoms with Crippen molar-refractivity contribution < 1.29 is 9.84 Å². The first-order valence-electron chi connectivity index (χ1n) is 11.9. The van der Waals surface area contributed by atoms with E-state index in [1.54, 1.807) is 0 Å². The van der Waals surface area contributed by atoms with Gasteiger partial charge in [0.05, 0.1) is 13.2 Å². The van der Waals surface area contributed by atoms with Gasteiger partial charge in [0, 0.05) is 39.8 Å². The Balaban J connectivity index is 1.56. The fourth-order valence-electron chi connectivity index (χ4n) is 4.57. The summed E-state index contributed by atoms with van der Waals surface area (Å²) in [6.45, 7) is 9.20. The molecule has 2 heterocycles. The van der Waals surface area contributed by atoms with Crippen LogP contribution in [0.4, 0.5) is 0 Å². The minimum absolute atomic E-state index is 0.171. The number of hydrogen-bond acceptors (Lipinski definition) is 6. The maximum absolute atomic E-state index is 9.63. The number of morpholine rings is 1. The second-order valence-corrected chi connectivity index (χ2v) is 9.01. The summed E-state index contributed by atoms with van der Waals surface area (Å²) in [5.41, 5.74) is 0.171. The molecule has 1 saturated carbocycles. The van der Waals surface area contributed by atoms with E-state index in [0.717, 1.165) is 76.4 Å². The van der Waals surface area contributed by atoms with Crippen molar-refractivity contribution in [1.29, 1.82) is 0 Å². The van der Waals surface area contributed by atoms with Gasteiger partial charge in [0.2, 0.25) is 0 Å². The molecule has 0 unspecified atom stereocenters. The van der Waals surface area contributed by atoms with Crippen LogP contribution in [0, 0.1) is 12.3 Å². The molecule has 0 amide bonds. The molecule has 0 atom stereocenters. The summed E-state index contributed by atoms with van der Waals surface area (Å²) in [6, 6.07) is 0. The van der Waals surface area contributed by atoms with Gasteiger partial charge in [-0.05, 0) is 44.6 Å². The van der Waals surface area contributed by atoms with Crippen LogP contribution in [-0.4, -0.2) is 83.3 Å². The highest BCUT2D eigenvalue weighted by Gasteiger charge is 2.31. The van der Waals surface area contributed by atoms with E-state index >= 15 is 0 Å². The van der Waals surface area contributed by atoms with Gasteiger partial charge in [-0.3, -0.25) is 4.90 Å². The van der Waals surface area contributed by atoms with Crippen LogP contribution in [0.1, 0.15) is 56.6 Å². The topological polar surface area (TPSA) is 99.8 Å². The third-order valence-electron chi connectivity index (χ3n) is 6.80. The molecule has 2 aliphatic rings. The Morgan fingerprint density at radius 1 is 1.16 bits per heavy atom. The molecule has 0 spiro atoms. The average Bonchev–Trinajstić information content (AvgIpc) is 3.12. The van der Waals surface area contributed by atoms with E-state index in [0.29, 0.717) is 6.54 Å². The Morgan fingerprint density at radius 2 is 1.94 bits per heavy atom. The molecule has 1 aliphatic carbocycles. The van der Waals surface area contributed by atoms with E-state index in [9.17, 15) is 5.11 Å². The predicted molar refractivity (Wildman–Crippen MR) is 122 cm³/mol. The van der Waals surface area contributed by atoms with Crippen LogP contribution in [0.25, 0.3) is 0 Å². The zero-order valence-corrected chi connectivity index (χ0v) is 19.4. The predicted octanol–water partition coefficient (Wildman–Crippen LogP) is 1.21. The minimum Gasteiger partial charge on any atom is -0.396 e. The highest BCUT2D eigenvalue weighted by atomic mass is 16.5. The van der Waals surface area contributed by atoms with Gasteiger partial charge in [0.25, 0.3) is 0 Å². The second kappa shape index (κ2) is 12.4. The number of aliphatic hydroxyl groups excluding tert-OH is 1. The zero-order chi connectivity index (χ0) is 21.9. The number of nitrogens with one attached hydrogen (secondary N) is 2. The molecule has 3 N–H and O–H groups in total. The molecule has 0 aromatic carbocycles. The molecule has 31 heavy (non-hydrogen) atoms. The van der Waals surface area contributed by atoms with Crippen molar-refractivity contribution in [2.45, 2.75) is 58.4 Å². The largest absolute Gasteiger partial charge is 0.396 e. The van der Waals surface area contributed by atoms with Crippen molar-refractivity contribution in [3.05, 3.63) is 11.6 Å². The highest BCUT2D eigenvalue weighted by molar-refractivity contribution is 5.79. The summed E-state index contributed by atoms with van der Waals surface area (Å²) < 4.78 is 7.41. The van der Waals surface area contributed by atoms with Crippen molar-refractivity contribution in [2.24, 2.45) is 17.5 Å². The molecule has 9 nitrogen and oxygen atoms in total. The van der Waals surface area contributed by atoms with Crippen LogP contribution in [0.15, 0.2) is 4.99 Å². The van der Waals surface area contributed by atoms with Crippen LogP contribution >= 0.6 is 0 Å². The van der Waals surface area contributed by atoms with Crippen LogP contribution in [0.2, 0.25) is 0 Å².